The van der Waals surface area contributed by atoms with Crippen molar-refractivity contribution in [2.45, 2.75) is 37.3 Å². The van der Waals surface area contributed by atoms with Crippen LogP contribution >= 0.6 is 0 Å². The van der Waals surface area contributed by atoms with E-state index in [0.29, 0.717) is 5.56 Å². The first-order chi connectivity index (χ1) is 14.0. The number of methoxy groups -OCH3 is 1. The summed E-state index contributed by atoms with van der Waals surface area (Å²) in [5, 5.41) is 0. The highest BCUT2D eigenvalue weighted by Crippen LogP contribution is 2.48. The molecule has 3 rings (SSSR count). The lowest BCUT2D eigenvalue weighted by Crippen LogP contribution is -2.40. The minimum absolute atomic E-state index is 0.0311. The van der Waals surface area contributed by atoms with E-state index < -0.39 is 28.3 Å². The number of ether oxygens (including phenoxy) is 2. The van der Waals surface area contributed by atoms with Crippen molar-refractivity contribution in [2.24, 2.45) is 5.41 Å². The molecular weight excluding hydrogens is 432 g/mol. The number of aromatic nitrogens is 3. The summed E-state index contributed by atoms with van der Waals surface area (Å²) in [6.07, 6.45) is -2.73. The Kier molecular flexibility index (Phi) is 5.85. The van der Waals surface area contributed by atoms with Crippen LogP contribution in [-0.4, -0.2) is 49.9 Å². The fourth-order valence-corrected chi connectivity index (χ4v) is 4.45. The molecule has 2 aromatic heterocycles. The minimum atomic E-state index is -4.40. The van der Waals surface area contributed by atoms with Gasteiger partial charge in [0.15, 0.2) is 5.75 Å². The van der Waals surface area contributed by atoms with Gasteiger partial charge in [0.05, 0.1) is 18.7 Å². The summed E-state index contributed by atoms with van der Waals surface area (Å²) in [6, 6.07) is 0. The molecule has 0 spiro atoms. The van der Waals surface area contributed by atoms with Gasteiger partial charge in [-0.1, -0.05) is 6.92 Å². The number of sulfonamides is 1. The first-order valence-electron chi connectivity index (χ1n) is 8.89. The molecule has 0 radical (unpaired) electrons. The van der Waals surface area contributed by atoms with E-state index >= 15 is 0 Å². The summed E-state index contributed by atoms with van der Waals surface area (Å²) >= 11 is 0. The third-order valence-corrected chi connectivity index (χ3v) is 6.38. The van der Waals surface area contributed by atoms with Gasteiger partial charge >= 0.3 is 6.18 Å². The molecule has 13 heteroatoms. The average Bonchev–Trinajstić information content (AvgIpc) is 3.09. The molecule has 0 aromatic carbocycles. The fraction of sp³-hybridized carbons (Fsp3) is 0.529. The van der Waals surface area contributed by atoms with Crippen molar-refractivity contribution in [1.29, 1.82) is 0 Å². The summed E-state index contributed by atoms with van der Waals surface area (Å²) in [5.41, 5.74) is -1.39. The molecule has 1 aliphatic rings. The molecule has 0 bridgehead atoms. The Balaban J connectivity index is 1.85. The molecule has 0 fully saturated rings. The van der Waals surface area contributed by atoms with Crippen molar-refractivity contribution in [3.63, 3.8) is 0 Å². The van der Waals surface area contributed by atoms with Crippen molar-refractivity contribution in [2.75, 3.05) is 25.1 Å². The van der Waals surface area contributed by atoms with E-state index in [-0.39, 0.29) is 54.0 Å². The molecule has 0 amide bonds. The molecule has 0 saturated carbocycles. The molecule has 0 saturated heterocycles. The lowest BCUT2D eigenvalue weighted by atomic mass is 9.75. The summed E-state index contributed by atoms with van der Waals surface area (Å²) in [6.45, 7) is 0.122. The molecular formula is C17H20F4N4O4S. The second kappa shape index (κ2) is 7.93. The molecule has 30 heavy (non-hydrogen) atoms. The van der Waals surface area contributed by atoms with Crippen LogP contribution in [-0.2, 0) is 22.9 Å². The number of H-pyrrole nitrogens is 1. The number of fused-ring (bicyclic) bond motifs is 1. The van der Waals surface area contributed by atoms with Crippen LogP contribution < -0.4 is 14.2 Å². The summed E-state index contributed by atoms with van der Waals surface area (Å²) in [4.78, 5) is 10.2. The number of alkyl halides is 4. The molecule has 166 valence electrons. The van der Waals surface area contributed by atoms with Crippen molar-refractivity contribution in [1.82, 2.24) is 15.0 Å². The van der Waals surface area contributed by atoms with Crippen LogP contribution in [0.3, 0.4) is 0 Å². The Morgan fingerprint density at radius 3 is 2.73 bits per heavy atom. The van der Waals surface area contributed by atoms with Gasteiger partial charge in [0.1, 0.15) is 18.2 Å². The third kappa shape index (κ3) is 4.16. The number of nitrogens with zero attached hydrogens (tertiary/aromatic N) is 2. The lowest BCUT2D eigenvalue weighted by molar-refractivity contribution is -0.221. The van der Waals surface area contributed by atoms with Crippen LogP contribution in [0.15, 0.2) is 17.3 Å². The molecule has 1 unspecified atom stereocenters. The second-order valence-electron chi connectivity index (χ2n) is 7.06. The van der Waals surface area contributed by atoms with Crippen LogP contribution in [0.1, 0.15) is 24.6 Å². The normalized spacial score (nSPS) is 19.3. The van der Waals surface area contributed by atoms with Gasteiger partial charge < -0.3 is 14.5 Å². The topological polar surface area (TPSA) is 106 Å². The summed E-state index contributed by atoms with van der Waals surface area (Å²) in [5.74, 6) is -0.401. The quantitative estimate of drug-likeness (QED) is 0.626. The second-order valence-corrected chi connectivity index (χ2v) is 8.71. The van der Waals surface area contributed by atoms with Gasteiger partial charge in [0, 0.05) is 18.3 Å². The van der Waals surface area contributed by atoms with Gasteiger partial charge in [0.25, 0.3) is 15.9 Å². The standard InChI is InChI=1S/C17H20F4N4O4S/c1-16(17(19,20)21)4-3-10-11(7-16)22-9-13(10)30(26,27)25-15-23-8-12(29-6-5-18)14(24-15)28-2/h8-9,22H,3-7H2,1-2H3,(H,23,24,25). The smallest absolute Gasteiger partial charge is 0.394 e. The van der Waals surface area contributed by atoms with Gasteiger partial charge in [-0.05, 0) is 18.4 Å². The third-order valence-electron chi connectivity index (χ3n) is 4.98. The first kappa shape index (κ1) is 22.1. The highest BCUT2D eigenvalue weighted by atomic mass is 32.2. The molecule has 1 aliphatic carbocycles. The highest BCUT2D eigenvalue weighted by molar-refractivity contribution is 7.92. The number of rotatable bonds is 7. The number of halogens is 4. The number of aromatic amines is 1. The van der Waals surface area contributed by atoms with Crippen molar-refractivity contribution >= 4 is 16.0 Å². The predicted octanol–water partition coefficient (Wildman–Crippen LogP) is 3.02. The molecule has 2 heterocycles. The van der Waals surface area contributed by atoms with Crippen LogP contribution in [0.5, 0.6) is 11.6 Å². The van der Waals surface area contributed by atoms with Crippen molar-refractivity contribution in [3.05, 3.63) is 23.7 Å². The molecule has 0 aliphatic heterocycles. The Bertz CT molecular complexity index is 1030. The number of nitrogens with one attached hydrogen (secondary N) is 2. The van der Waals surface area contributed by atoms with E-state index in [9.17, 15) is 26.0 Å². The maximum Gasteiger partial charge on any atom is 0.394 e. The average molecular weight is 452 g/mol. The van der Waals surface area contributed by atoms with Gasteiger partial charge in [-0.15, -0.1) is 0 Å². The van der Waals surface area contributed by atoms with Crippen LogP contribution in [0, 0.1) is 5.41 Å². The Morgan fingerprint density at radius 1 is 1.37 bits per heavy atom. The summed E-state index contributed by atoms with van der Waals surface area (Å²) in [7, 11) is -2.92. The zero-order valence-corrected chi connectivity index (χ0v) is 17.0. The zero-order valence-electron chi connectivity index (χ0n) is 16.1. The monoisotopic (exact) mass is 452 g/mol. The molecule has 2 aromatic rings. The van der Waals surface area contributed by atoms with E-state index in [1.807, 2.05) is 0 Å². The van der Waals surface area contributed by atoms with E-state index in [1.165, 1.54) is 7.11 Å². The maximum atomic E-state index is 13.3. The van der Waals surface area contributed by atoms with Crippen LogP contribution in [0.4, 0.5) is 23.5 Å². The molecule has 1 atom stereocenters. The first-order valence-corrected chi connectivity index (χ1v) is 10.4. The van der Waals surface area contributed by atoms with Crippen molar-refractivity contribution < 1.29 is 35.5 Å². The largest absolute Gasteiger partial charge is 0.484 e. The fourth-order valence-electron chi connectivity index (χ4n) is 3.24. The van der Waals surface area contributed by atoms with E-state index in [2.05, 4.69) is 19.7 Å². The van der Waals surface area contributed by atoms with Gasteiger partial charge in [-0.25, -0.2) is 22.5 Å². The minimum Gasteiger partial charge on any atom is -0.484 e. The maximum absolute atomic E-state index is 13.3. The molecule has 8 nitrogen and oxygen atoms in total. The van der Waals surface area contributed by atoms with E-state index in [1.54, 1.807) is 0 Å². The number of hydrogen-bond donors (Lipinski definition) is 2. The Hall–Kier alpha value is -2.57. The lowest BCUT2D eigenvalue weighted by Gasteiger charge is -2.35. The van der Waals surface area contributed by atoms with Gasteiger partial charge in [-0.3, -0.25) is 0 Å². The van der Waals surface area contributed by atoms with E-state index in [0.717, 1.165) is 19.3 Å². The zero-order chi connectivity index (χ0) is 22.2. The summed E-state index contributed by atoms with van der Waals surface area (Å²) < 4.78 is 90.0. The number of anilines is 1. The van der Waals surface area contributed by atoms with Crippen LogP contribution in [0.25, 0.3) is 0 Å². The Morgan fingerprint density at radius 2 is 2.10 bits per heavy atom. The van der Waals surface area contributed by atoms with Gasteiger partial charge in [-0.2, -0.15) is 18.2 Å². The van der Waals surface area contributed by atoms with E-state index in [4.69, 9.17) is 9.47 Å². The highest BCUT2D eigenvalue weighted by Gasteiger charge is 2.52. The number of hydrogen-bond acceptors (Lipinski definition) is 6. The molecule has 2 N–H and O–H groups in total. The SMILES string of the molecule is COc1nc(NS(=O)(=O)c2c[nH]c3c2CCC(C)(C(F)(F)F)C3)ncc1OCCF. The van der Waals surface area contributed by atoms with Gasteiger partial charge in [0.2, 0.25) is 5.95 Å². The Labute approximate surface area is 170 Å². The van der Waals surface area contributed by atoms with Crippen LogP contribution in [0.2, 0.25) is 0 Å². The van der Waals surface area contributed by atoms with Crippen molar-refractivity contribution in [3.8, 4) is 11.6 Å². The predicted molar refractivity (Wildman–Crippen MR) is 97.8 cm³/mol.